The van der Waals surface area contributed by atoms with Gasteiger partial charge in [-0.15, -0.1) is 11.8 Å². The number of thioether (sulfide) groups is 1. The number of methoxy groups -OCH3 is 1. The largest absolute Gasteiger partial charge is 0.465 e. The normalized spacial score (nSPS) is 10.2. The molecule has 0 radical (unpaired) electrons. The summed E-state index contributed by atoms with van der Waals surface area (Å²) in [5, 5.41) is 0. The van der Waals surface area contributed by atoms with Crippen LogP contribution in [0.3, 0.4) is 0 Å². The van der Waals surface area contributed by atoms with Gasteiger partial charge in [0.05, 0.1) is 12.7 Å². The molecule has 0 atom stereocenters. The molecule has 1 aromatic carbocycles. The molecular weight excluding hydrogens is 208 g/mol. The van der Waals surface area contributed by atoms with Crippen molar-refractivity contribution in [2.45, 2.75) is 25.7 Å². The summed E-state index contributed by atoms with van der Waals surface area (Å²) in [5.41, 5.74) is 4.09. The van der Waals surface area contributed by atoms with Gasteiger partial charge in [-0.05, 0) is 49.8 Å². The first-order valence-electron chi connectivity index (χ1n) is 4.76. The van der Waals surface area contributed by atoms with Crippen LogP contribution in [0.15, 0.2) is 11.0 Å². The van der Waals surface area contributed by atoms with Gasteiger partial charge in [0.2, 0.25) is 0 Å². The lowest BCUT2D eigenvalue weighted by Gasteiger charge is -2.13. The van der Waals surface area contributed by atoms with Crippen molar-refractivity contribution < 1.29 is 9.53 Å². The Morgan fingerprint density at radius 3 is 2.27 bits per heavy atom. The molecule has 0 amide bonds. The quantitative estimate of drug-likeness (QED) is 0.570. The van der Waals surface area contributed by atoms with Crippen LogP contribution in [-0.2, 0) is 4.74 Å². The number of hydrogen-bond acceptors (Lipinski definition) is 3. The van der Waals surface area contributed by atoms with Crippen molar-refractivity contribution >= 4 is 17.7 Å². The van der Waals surface area contributed by atoms with Crippen LogP contribution in [0.2, 0.25) is 0 Å². The molecule has 0 bridgehead atoms. The minimum absolute atomic E-state index is 0.258. The molecule has 0 spiro atoms. The van der Waals surface area contributed by atoms with E-state index < -0.39 is 0 Å². The van der Waals surface area contributed by atoms with E-state index in [4.69, 9.17) is 4.74 Å². The number of benzene rings is 1. The lowest BCUT2D eigenvalue weighted by atomic mass is 9.99. The Labute approximate surface area is 95.0 Å². The van der Waals surface area contributed by atoms with E-state index in [2.05, 4.69) is 6.92 Å². The van der Waals surface area contributed by atoms with Gasteiger partial charge in [0.15, 0.2) is 0 Å². The molecule has 0 saturated heterocycles. The summed E-state index contributed by atoms with van der Waals surface area (Å²) in [6.07, 6.45) is 2.01. The third kappa shape index (κ3) is 2.17. The van der Waals surface area contributed by atoms with Gasteiger partial charge in [-0.3, -0.25) is 0 Å². The number of ether oxygens (including phenoxy) is 1. The molecular formula is C12H16O2S. The first-order valence-corrected chi connectivity index (χ1v) is 5.98. The van der Waals surface area contributed by atoms with Crippen molar-refractivity contribution in [3.63, 3.8) is 0 Å². The van der Waals surface area contributed by atoms with E-state index in [1.54, 1.807) is 11.8 Å². The first-order chi connectivity index (χ1) is 7.02. The Hall–Kier alpha value is -0.960. The topological polar surface area (TPSA) is 26.3 Å². The maximum Gasteiger partial charge on any atom is 0.338 e. The highest BCUT2D eigenvalue weighted by Gasteiger charge is 2.14. The van der Waals surface area contributed by atoms with Crippen LogP contribution < -0.4 is 0 Å². The molecule has 0 saturated carbocycles. The molecule has 1 aromatic rings. The molecule has 3 heteroatoms. The highest BCUT2D eigenvalue weighted by molar-refractivity contribution is 7.98. The molecule has 1 rings (SSSR count). The molecule has 15 heavy (non-hydrogen) atoms. The van der Waals surface area contributed by atoms with Gasteiger partial charge in [0, 0.05) is 4.90 Å². The van der Waals surface area contributed by atoms with Gasteiger partial charge < -0.3 is 4.74 Å². The molecule has 0 fully saturated rings. The van der Waals surface area contributed by atoms with Gasteiger partial charge >= 0.3 is 5.97 Å². The molecule has 2 nitrogen and oxygen atoms in total. The molecule has 0 unspecified atom stereocenters. The van der Waals surface area contributed by atoms with Crippen molar-refractivity contribution in [1.29, 1.82) is 0 Å². The van der Waals surface area contributed by atoms with E-state index in [-0.39, 0.29) is 5.97 Å². The van der Waals surface area contributed by atoms with E-state index in [0.717, 1.165) is 10.5 Å². The highest BCUT2D eigenvalue weighted by Crippen LogP contribution is 2.28. The van der Waals surface area contributed by atoms with Gasteiger partial charge in [-0.25, -0.2) is 4.79 Å². The molecule has 0 aliphatic carbocycles. The summed E-state index contributed by atoms with van der Waals surface area (Å²) in [7, 11) is 1.41. The van der Waals surface area contributed by atoms with Crippen LogP contribution in [0.1, 0.15) is 27.0 Å². The van der Waals surface area contributed by atoms with E-state index in [1.807, 2.05) is 26.2 Å². The fraction of sp³-hybridized carbons (Fsp3) is 0.417. The molecule has 0 aliphatic rings. The third-order valence-corrected chi connectivity index (χ3v) is 3.66. The Morgan fingerprint density at radius 2 is 1.80 bits per heavy atom. The smallest absolute Gasteiger partial charge is 0.338 e. The summed E-state index contributed by atoms with van der Waals surface area (Å²) in [6.45, 7) is 6.07. The summed E-state index contributed by atoms with van der Waals surface area (Å²) in [4.78, 5) is 12.7. The van der Waals surface area contributed by atoms with Crippen molar-refractivity contribution in [1.82, 2.24) is 0 Å². The predicted molar refractivity (Wildman–Crippen MR) is 63.8 cm³/mol. The Bertz CT molecular complexity index is 397. The highest BCUT2D eigenvalue weighted by atomic mass is 32.2. The van der Waals surface area contributed by atoms with Crippen molar-refractivity contribution in [2.75, 3.05) is 13.4 Å². The van der Waals surface area contributed by atoms with Crippen LogP contribution in [0, 0.1) is 20.8 Å². The number of carbonyl (C=O) groups excluding carboxylic acids is 1. The van der Waals surface area contributed by atoms with Crippen molar-refractivity contribution in [3.05, 3.63) is 28.3 Å². The van der Waals surface area contributed by atoms with Gasteiger partial charge in [0.25, 0.3) is 0 Å². The second-order valence-corrected chi connectivity index (χ2v) is 4.34. The van der Waals surface area contributed by atoms with E-state index >= 15 is 0 Å². The number of rotatable bonds is 2. The Morgan fingerprint density at radius 1 is 1.20 bits per heavy atom. The SMILES string of the molecule is COC(=O)c1cc(SC)c(C)c(C)c1C. The summed E-state index contributed by atoms with van der Waals surface area (Å²) in [5.74, 6) is -0.258. The first kappa shape index (κ1) is 12.1. The zero-order chi connectivity index (χ0) is 11.6. The van der Waals surface area contributed by atoms with Crippen molar-refractivity contribution in [2.24, 2.45) is 0 Å². The van der Waals surface area contributed by atoms with E-state index in [1.165, 1.54) is 18.2 Å². The fourth-order valence-corrected chi connectivity index (χ4v) is 2.24. The fourth-order valence-electron chi connectivity index (χ4n) is 1.55. The van der Waals surface area contributed by atoms with Crippen LogP contribution in [0.25, 0.3) is 0 Å². The molecule has 0 heterocycles. The lowest BCUT2D eigenvalue weighted by Crippen LogP contribution is -2.06. The number of carbonyl (C=O) groups is 1. The zero-order valence-electron chi connectivity index (χ0n) is 9.80. The second kappa shape index (κ2) is 4.71. The second-order valence-electron chi connectivity index (χ2n) is 3.49. The summed E-state index contributed by atoms with van der Waals surface area (Å²) in [6, 6.07) is 1.91. The van der Waals surface area contributed by atoms with Gasteiger partial charge in [-0.2, -0.15) is 0 Å². The standard InChI is InChI=1S/C12H16O2S/c1-7-8(2)10(12(13)14-4)6-11(15-5)9(7)3/h6H,1-5H3. The van der Waals surface area contributed by atoms with Crippen molar-refractivity contribution in [3.8, 4) is 0 Å². The summed E-state index contributed by atoms with van der Waals surface area (Å²) < 4.78 is 4.76. The molecule has 0 N–H and O–H groups in total. The average Bonchev–Trinajstić information content (AvgIpc) is 2.25. The minimum Gasteiger partial charge on any atom is -0.465 e. The third-order valence-electron chi connectivity index (χ3n) is 2.80. The van der Waals surface area contributed by atoms with Crippen LogP contribution in [0.4, 0.5) is 0 Å². The lowest BCUT2D eigenvalue weighted by molar-refractivity contribution is 0.0599. The molecule has 0 aliphatic heterocycles. The predicted octanol–water partition coefficient (Wildman–Crippen LogP) is 3.12. The maximum atomic E-state index is 11.5. The molecule has 0 aromatic heterocycles. The average molecular weight is 224 g/mol. The monoisotopic (exact) mass is 224 g/mol. The maximum absolute atomic E-state index is 11.5. The Balaban J connectivity index is 3.41. The van der Waals surface area contributed by atoms with E-state index in [9.17, 15) is 4.79 Å². The Kier molecular flexibility index (Phi) is 3.80. The number of hydrogen-bond donors (Lipinski definition) is 0. The van der Waals surface area contributed by atoms with Crippen LogP contribution in [-0.4, -0.2) is 19.3 Å². The molecule has 82 valence electrons. The number of esters is 1. The van der Waals surface area contributed by atoms with Gasteiger partial charge in [-0.1, -0.05) is 0 Å². The van der Waals surface area contributed by atoms with Crippen LogP contribution >= 0.6 is 11.8 Å². The zero-order valence-corrected chi connectivity index (χ0v) is 10.6. The van der Waals surface area contributed by atoms with Crippen LogP contribution in [0.5, 0.6) is 0 Å². The minimum atomic E-state index is -0.258. The van der Waals surface area contributed by atoms with E-state index in [0.29, 0.717) is 5.56 Å². The van der Waals surface area contributed by atoms with Gasteiger partial charge in [0.1, 0.15) is 0 Å². The summed E-state index contributed by atoms with van der Waals surface area (Å²) >= 11 is 1.65.